The lowest BCUT2D eigenvalue weighted by atomic mass is 10.1. The number of ketones is 1. The van der Waals surface area contributed by atoms with Crippen LogP contribution in [-0.4, -0.2) is 27.2 Å². The van der Waals surface area contributed by atoms with Crippen molar-refractivity contribution in [3.8, 4) is 23.7 Å². The average molecular weight is 194 g/mol. The van der Waals surface area contributed by atoms with Crippen LogP contribution in [0, 0.1) is 23.7 Å². The lowest BCUT2D eigenvalue weighted by molar-refractivity contribution is -0.109. The van der Waals surface area contributed by atoms with Crippen molar-refractivity contribution in [3.05, 3.63) is 0 Å². The van der Waals surface area contributed by atoms with Gasteiger partial charge in [-0.2, -0.15) is 0 Å². The third kappa shape index (κ3) is 8.80. The van der Waals surface area contributed by atoms with Crippen molar-refractivity contribution in [1.29, 1.82) is 0 Å². The number of hydrogen-bond acceptors (Lipinski definition) is 3. The van der Waals surface area contributed by atoms with Gasteiger partial charge in [-0.25, -0.2) is 0 Å². The highest BCUT2D eigenvalue weighted by Gasteiger charge is 2.08. The summed E-state index contributed by atoms with van der Waals surface area (Å²) in [5.74, 6) is 8.39. The molecule has 0 spiro atoms. The highest BCUT2D eigenvalue weighted by Crippen LogP contribution is 1.97. The van der Waals surface area contributed by atoms with E-state index in [0.29, 0.717) is 0 Å². The topological polar surface area (TPSA) is 57.5 Å². The lowest BCUT2D eigenvalue weighted by Gasteiger charge is -2.05. The van der Waals surface area contributed by atoms with Gasteiger partial charge in [-0.1, -0.05) is 11.8 Å². The first kappa shape index (κ1) is 12.7. The van der Waals surface area contributed by atoms with Gasteiger partial charge < -0.3 is 10.2 Å². The SMILES string of the molecule is CC(C)(O)C#CC(=O)C#CC(C)(C)O. The van der Waals surface area contributed by atoms with Crippen LogP contribution in [0.5, 0.6) is 0 Å². The molecule has 0 aromatic rings. The number of Topliss-reactive ketones (excluding diaryl/α,β-unsaturated/α-hetero) is 1. The van der Waals surface area contributed by atoms with Crippen molar-refractivity contribution < 1.29 is 15.0 Å². The van der Waals surface area contributed by atoms with E-state index in [2.05, 4.69) is 23.7 Å². The van der Waals surface area contributed by atoms with Crippen molar-refractivity contribution in [2.45, 2.75) is 38.9 Å². The van der Waals surface area contributed by atoms with E-state index in [1.807, 2.05) is 0 Å². The Morgan fingerprint density at radius 2 is 1.21 bits per heavy atom. The number of aliphatic hydroxyl groups is 2. The number of carbonyl (C=O) groups excluding carboxylic acids is 1. The predicted octanol–water partition coefficient (Wildman–Crippen LogP) is 0.104. The summed E-state index contributed by atoms with van der Waals surface area (Å²) in [7, 11) is 0. The first-order valence-corrected chi connectivity index (χ1v) is 4.15. The van der Waals surface area contributed by atoms with E-state index < -0.39 is 17.0 Å². The molecule has 0 radical (unpaired) electrons. The zero-order valence-electron chi connectivity index (χ0n) is 8.80. The molecule has 14 heavy (non-hydrogen) atoms. The summed E-state index contributed by atoms with van der Waals surface area (Å²) in [6, 6.07) is 0. The highest BCUT2D eigenvalue weighted by atomic mass is 16.3. The Morgan fingerprint density at radius 1 is 0.929 bits per heavy atom. The lowest BCUT2D eigenvalue weighted by Crippen LogP contribution is -2.16. The van der Waals surface area contributed by atoms with Crippen LogP contribution in [-0.2, 0) is 4.79 Å². The fraction of sp³-hybridized carbons (Fsp3) is 0.545. The van der Waals surface area contributed by atoms with Crippen LogP contribution in [0.4, 0.5) is 0 Å². The summed E-state index contributed by atoms with van der Waals surface area (Å²) in [4.78, 5) is 11.0. The van der Waals surface area contributed by atoms with Crippen molar-refractivity contribution >= 4 is 5.78 Å². The molecule has 0 fully saturated rings. The summed E-state index contributed by atoms with van der Waals surface area (Å²) in [5.41, 5.74) is -2.40. The standard InChI is InChI=1S/C11H14O3/c1-10(2,13)7-5-9(12)6-8-11(3,4)14/h13-14H,1-4H3. The van der Waals surface area contributed by atoms with Gasteiger partial charge in [0.05, 0.1) is 0 Å². The molecule has 0 aromatic carbocycles. The Bertz CT molecular complexity index is 297. The average Bonchev–Trinajstić information content (AvgIpc) is 1.94. The molecule has 0 saturated heterocycles. The van der Waals surface area contributed by atoms with Gasteiger partial charge >= 0.3 is 0 Å². The Kier molecular flexibility index (Phi) is 3.89. The summed E-state index contributed by atoms with van der Waals surface area (Å²) in [5, 5.41) is 18.3. The third-order valence-corrected chi connectivity index (χ3v) is 0.964. The quantitative estimate of drug-likeness (QED) is 0.425. The molecule has 0 atom stereocenters. The maximum Gasteiger partial charge on any atom is 0.279 e. The largest absolute Gasteiger partial charge is 0.378 e. The highest BCUT2D eigenvalue weighted by molar-refractivity contribution is 6.09. The fourth-order valence-electron chi connectivity index (χ4n) is 0.451. The van der Waals surface area contributed by atoms with Crippen LogP contribution in [0.3, 0.4) is 0 Å². The normalized spacial score (nSPS) is 10.7. The second kappa shape index (κ2) is 4.28. The summed E-state index contributed by atoms with van der Waals surface area (Å²) < 4.78 is 0. The van der Waals surface area contributed by atoms with Crippen molar-refractivity contribution in [2.24, 2.45) is 0 Å². The number of hydrogen-bond donors (Lipinski definition) is 2. The smallest absolute Gasteiger partial charge is 0.279 e. The molecule has 0 rings (SSSR count). The van der Waals surface area contributed by atoms with E-state index in [1.54, 1.807) is 0 Å². The molecule has 0 aliphatic heterocycles. The molecule has 2 N–H and O–H groups in total. The van der Waals surface area contributed by atoms with E-state index in [0.717, 1.165) is 0 Å². The minimum Gasteiger partial charge on any atom is -0.378 e. The first-order chi connectivity index (χ1) is 6.10. The maximum absolute atomic E-state index is 11.0. The van der Waals surface area contributed by atoms with Crippen molar-refractivity contribution in [3.63, 3.8) is 0 Å². The van der Waals surface area contributed by atoms with E-state index in [4.69, 9.17) is 0 Å². The number of rotatable bonds is 0. The Morgan fingerprint density at radius 3 is 1.43 bits per heavy atom. The molecule has 3 heteroatoms. The monoisotopic (exact) mass is 194 g/mol. The Hall–Kier alpha value is -1.29. The van der Waals surface area contributed by atoms with E-state index in [-0.39, 0.29) is 0 Å². The van der Waals surface area contributed by atoms with Gasteiger partial charge in [0.2, 0.25) is 0 Å². The maximum atomic E-state index is 11.0. The van der Waals surface area contributed by atoms with Crippen LogP contribution >= 0.6 is 0 Å². The predicted molar refractivity (Wildman–Crippen MR) is 53.2 cm³/mol. The van der Waals surface area contributed by atoms with E-state index in [9.17, 15) is 15.0 Å². The van der Waals surface area contributed by atoms with Crippen LogP contribution < -0.4 is 0 Å². The molecule has 0 aliphatic rings. The van der Waals surface area contributed by atoms with Gasteiger partial charge in [0.15, 0.2) is 0 Å². The molecule has 0 aliphatic carbocycles. The first-order valence-electron chi connectivity index (χ1n) is 4.15. The van der Waals surface area contributed by atoms with Gasteiger partial charge in [-0.15, -0.1) is 0 Å². The molecule has 3 nitrogen and oxygen atoms in total. The molecule has 76 valence electrons. The Balaban J connectivity index is 4.51. The zero-order chi connectivity index (χ0) is 11.4. The molecule has 0 unspecified atom stereocenters. The van der Waals surface area contributed by atoms with Crippen molar-refractivity contribution in [2.75, 3.05) is 0 Å². The van der Waals surface area contributed by atoms with Gasteiger partial charge in [-0.3, -0.25) is 4.79 Å². The summed E-state index contributed by atoms with van der Waals surface area (Å²) >= 11 is 0. The fourth-order valence-corrected chi connectivity index (χ4v) is 0.451. The second-order valence-electron chi connectivity index (χ2n) is 3.95. The van der Waals surface area contributed by atoms with Crippen LogP contribution in [0.25, 0.3) is 0 Å². The van der Waals surface area contributed by atoms with Gasteiger partial charge in [0, 0.05) is 0 Å². The molecular weight excluding hydrogens is 180 g/mol. The zero-order valence-corrected chi connectivity index (χ0v) is 8.80. The van der Waals surface area contributed by atoms with E-state index >= 15 is 0 Å². The van der Waals surface area contributed by atoms with Crippen LogP contribution in [0.1, 0.15) is 27.7 Å². The number of carbonyl (C=O) groups is 1. The van der Waals surface area contributed by atoms with Gasteiger partial charge in [0.1, 0.15) is 11.2 Å². The third-order valence-electron chi connectivity index (χ3n) is 0.964. The summed E-state index contributed by atoms with van der Waals surface area (Å²) in [6.45, 7) is 5.88. The molecular formula is C11H14O3. The van der Waals surface area contributed by atoms with E-state index in [1.165, 1.54) is 27.7 Å². The molecule has 0 saturated carbocycles. The molecule has 0 amide bonds. The minimum absolute atomic E-state index is 0.616. The summed E-state index contributed by atoms with van der Waals surface area (Å²) in [6.07, 6.45) is 0. The molecule has 0 bridgehead atoms. The molecule has 0 heterocycles. The van der Waals surface area contributed by atoms with Gasteiger partial charge in [0.25, 0.3) is 5.78 Å². The van der Waals surface area contributed by atoms with Crippen LogP contribution in [0.2, 0.25) is 0 Å². The van der Waals surface area contributed by atoms with Crippen molar-refractivity contribution in [1.82, 2.24) is 0 Å². The minimum atomic E-state index is -1.20. The molecule has 0 aromatic heterocycles. The second-order valence-corrected chi connectivity index (χ2v) is 3.95. The van der Waals surface area contributed by atoms with Gasteiger partial charge in [-0.05, 0) is 39.5 Å². The Labute approximate surface area is 84.1 Å². The van der Waals surface area contributed by atoms with Crippen LogP contribution in [0.15, 0.2) is 0 Å².